The largest absolute Gasteiger partial charge is 0.467 e. The van der Waals surface area contributed by atoms with Gasteiger partial charge in [0, 0.05) is 18.5 Å². The lowest BCUT2D eigenvalue weighted by molar-refractivity contribution is -0.147. The number of amides is 1. The van der Waals surface area contributed by atoms with Gasteiger partial charge in [-0.15, -0.1) is 6.58 Å². The number of carbonyl (C=O) groups is 2. The summed E-state index contributed by atoms with van der Waals surface area (Å²) < 4.78 is 47.6. The maximum Gasteiger partial charge on any atom is 0.411 e. The van der Waals surface area contributed by atoms with Gasteiger partial charge in [0.1, 0.15) is 11.6 Å². The van der Waals surface area contributed by atoms with Gasteiger partial charge in [-0.25, -0.2) is 9.59 Å². The maximum atomic E-state index is 12.5. The number of allylic oxidation sites excluding steroid dienone is 1. The van der Waals surface area contributed by atoms with E-state index in [2.05, 4.69) is 11.9 Å². The van der Waals surface area contributed by atoms with Crippen molar-refractivity contribution in [3.63, 3.8) is 0 Å². The Balaban J connectivity index is 3.06. The number of rotatable bonds is 5. The van der Waals surface area contributed by atoms with Gasteiger partial charge in [0.2, 0.25) is 0 Å². The molecule has 0 aliphatic carbocycles. The predicted octanol–water partition coefficient (Wildman–Crippen LogP) is 2.49. The zero-order valence-corrected chi connectivity index (χ0v) is 14.9. The second-order valence-corrected chi connectivity index (χ2v) is 6.89. The molecule has 1 fully saturated rings. The summed E-state index contributed by atoms with van der Waals surface area (Å²) in [7, 11) is 1.16. The van der Waals surface area contributed by atoms with E-state index in [4.69, 9.17) is 9.47 Å². The molecule has 0 spiro atoms. The lowest BCUT2D eigenvalue weighted by atomic mass is 9.92. The van der Waals surface area contributed by atoms with Crippen LogP contribution in [0.25, 0.3) is 0 Å². The summed E-state index contributed by atoms with van der Waals surface area (Å²) in [5, 5.41) is 2.38. The Bertz CT molecular complexity index is 503. The molecule has 144 valence electrons. The lowest BCUT2D eigenvalue weighted by Gasteiger charge is -2.28. The van der Waals surface area contributed by atoms with Gasteiger partial charge >= 0.3 is 18.2 Å². The molecule has 0 aromatic rings. The number of nitrogens with one attached hydrogen (secondary N) is 1. The SMILES string of the molecule is C=CC[C@@H]1[C@@H](NCC(F)(F)F)CN(C(=O)OC(C)(C)C)[C@@H]1C(=O)OC. The third-order valence-electron chi connectivity index (χ3n) is 3.73. The van der Waals surface area contributed by atoms with Crippen LogP contribution in [0.3, 0.4) is 0 Å². The van der Waals surface area contributed by atoms with Crippen molar-refractivity contribution in [3.8, 4) is 0 Å². The van der Waals surface area contributed by atoms with Crippen LogP contribution >= 0.6 is 0 Å². The fourth-order valence-corrected chi connectivity index (χ4v) is 2.79. The van der Waals surface area contributed by atoms with Gasteiger partial charge in [-0.3, -0.25) is 4.90 Å². The van der Waals surface area contributed by atoms with Crippen LogP contribution in [0.2, 0.25) is 0 Å². The second kappa shape index (κ2) is 8.07. The minimum Gasteiger partial charge on any atom is -0.467 e. The smallest absolute Gasteiger partial charge is 0.411 e. The van der Waals surface area contributed by atoms with E-state index in [1.807, 2.05) is 0 Å². The number of halogens is 3. The average Bonchev–Trinajstić information content (AvgIpc) is 2.81. The fourth-order valence-electron chi connectivity index (χ4n) is 2.79. The van der Waals surface area contributed by atoms with Gasteiger partial charge < -0.3 is 14.8 Å². The van der Waals surface area contributed by atoms with Crippen LogP contribution in [-0.4, -0.2) is 61.0 Å². The number of esters is 1. The quantitative estimate of drug-likeness (QED) is 0.598. The number of methoxy groups -OCH3 is 1. The summed E-state index contributed by atoms with van der Waals surface area (Å²) in [5.74, 6) is -1.30. The monoisotopic (exact) mass is 366 g/mol. The topological polar surface area (TPSA) is 67.9 Å². The molecule has 0 unspecified atom stereocenters. The molecule has 25 heavy (non-hydrogen) atoms. The minimum atomic E-state index is -4.40. The molecule has 1 N–H and O–H groups in total. The van der Waals surface area contributed by atoms with Crippen molar-refractivity contribution in [1.82, 2.24) is 10.2 Å². The molecule has 1 aliphatic heterocycles. The van der Waals surface area contributed by atoms with E-state index in [0.29, 0.717) is 0 Å². The van der Waals surface area contributed by atoms with Gasteiger partial charge in [-0.2, -0.15) is 13.2 Å². The summed E-state index contributed by atoms with van der Waals surface area (Å²) >= 11 is 0. The third kappa shape index (κ3) is 6.22. The van der Waals surface area contributed by atoms with Crippen LogP contribution in [0.5, 0.6) is 0 Å². The van der Waals surface area contributed by atoms with E-state index >= 15 is 0 Å². The molecule has 1 rings (SSSR count). The van der Waals surface area contributed by atoms with Crippen LogP contribution in [0, 0.1) is 5.92 Å². The van der Waals surface area contributed by atoms with E-state index in [-0.39, 0.29) is 13.0 Å². The fraction of sp³-hybridized carbons (Fsp3) is 0.750. The summed E-state index contributed by atoms with van der Waals surface area (Å²) in [6.45, 7) is 7.25. The Hall–Kier alpha value is -1.77. The molecule has 0 bridgehead atoms. The standard InChI is InChI=1S/C16H25F3N2O4/c1-6-7-10-11(20-9-16(17,18)19)8-21(12(10)13(22)24-5)14(23)25-15(2,3)4/h6,10-12,20H,1,7-9H2,2-5H3/t10-,11+,12+/m1/s1. The van der Waals surface area contributed by atoms with Crippen molar-refractivity contribution in [1.29, 1.82) is 0 Å². The zero-order chi connectivity index (χ0) is 19.4. The number of hydrogen-bond acceptors (Lipinski definition) is 5. The van der Waals surface area contributed by atoms with Crippen LogP contribution in [0.4, 0.5) is 18.0 Å². The lowest BCUT2D eigenvalue weighted by Crippen LogP contribution is -2.46. The van der Waals surface area contributed by atoms with Crippen LogP contribution in [0.1, 0.15) is 27.2 Å². The average molecular weight is 366 g/mol. The highest BCUT2D eigenvalue weighted by molar-refractivity contribution is 5.83. The van der Waals surface area contributed by atoms with E-state index in [1.54, 1.807) is 20.8 Å². The summed E-state index contributed by atoms with van der Waals surface area (Å²) in [6, 6.07) is -1.78. The Morgan fingerprint density at radius 3 is 2.36 bits per heavy atom. The first kappa shape index (κ1) is 21.3. The highest BCUT2D eigenvalue weighted by Gasteiger charge is 2.49. The van der Waals surface area contributed by atoms with E-state index in [9.17, 15) is 22.8 Å². The van der Waals surface area contributed by atoms with Crippen molar-refractivity contribution >= 4 is 12.1 Å². The van der Waals surface area contributed by atoms with Gasteiger partial charge in [-0.1, -0.05) is 6.08 Å². The first-order chi connectivity index (χ1) is 11.4. The van der Waals surface area contributed by atoms with Crippen molar-refractivity contribution in [2.45, 2.75) is 51.1 Å². The van der Waals surface area contributed by atoms with Gasteiger partial charge in [0.05, 0.1) is 13.7 Å². The summed E-state index contributed by atoms with van der Waals surface area (Å²) in [6.07, 6.45) is -3.43. The molecule has 6 nitrogen and oxygen atoms in total. The van der Waals surface area contributed by atoms with Crippen LogP contribution < -0.4 is 5.32 Å². The number of alkyl halides is 3. The van der Waals surface area contributed by atoms with Crippen molar-refractivity contribution in [2.75, 3.05) is 20.2 Å². The third-order valence-corrected chi connectivity index (χ3v) is 3.73. The molecule has 1 aliphatic rings. The van der Waals surface area contributed by atoms with Gasteiger partial charge in [0.25, 0.3) is 0 Å². The molecule has 0 aromatic carbocycles. The first-order valence-electron chi connectivity index (χ1n) is 7.88. The van der Waals surface area contributed by atoms with Crippen molar-refractivity contribution in [3.05, 3.63) is 12.7 Å². The molecule has 0 radical (unpaired) electrons. The molecule has 1 saturated heterocycles. The molecular weight excluding hydrogens is 341 g/mol. The van der Waals surface area contributed by atoms with Crippen LogP contribution in [-0.2, 0) is 14.3 Å². The van der Waals surface area contributed by atoms with Gasteiger partial charge in [0.15, 0.2) is 0 Å². The molecule has 0 saturated carbocycles. The molecule has 1 heterocycles. The van der Waals surface area contributed by atoms with Crippen LogP contribution in [0.15, 0.2) is 12.7 Å². The Morgan fingerprint density at radius 2 is 1.92 bits per heavy atom. The molecule has 0 aromatic heterocycles. The van der Waals surface area contributed by atoms with Crippen molar-refractivity contribution < 1.29 is 32.2 Å². The normalized spacial score (nSPS) is 24.1. The number of carbonyl (C=O) groups excluding carboxylic acids is 2. The Morgan fingerprint density at radius 1 is 1.32 bits per heavy atom. The zero-order valence-electron chi connectivity index (χ0n) is 14.9. The highest BCUT2D eigenvalue weighted by Crippen LogP contribution is 2.31. The minimum absolute atomic E-state index is 0.0940. The molecular formula is C16H25F3N2O4. The Labute approximate surface area is 145 Å². The van der Waals surface area contributed by atoms with E-state index < -0.39 is 48.4 Å². The number of ether oxygens (including phenoxy) is 2. The Kier molecular flexibility index (Phi) is 6.87. The van der Waals surface area contributed by atoms with Crippen molar-refractivity contribution in [2.24, 2.45) is 5.92 Å². The van der Waals surface area contributed by atoms with Gasteiger partial charge in [-0.05, 0) is 27.2 Å². The maximum absolute atomic E-state index is 12.5. The molecule has 1 amide bonds. The second-order valence-electron chi connectivity index (χ2n) is 6.89. The highest BCUT2D eigenvalue weighted by atomic mass is 19.4. The summed E-state index contributed by atoms with van der Waals surface area (Å²) in [4.78, 5) is 25.7. The predicted molar refractivity (Wildman–Crippen MR) is 84.9 cm³/mol. The number of hydrogen-bond donors (Lipinski definition) is 1. The van der Waals surface area contributed by atoms with E-state index in [0.717, 1.165) is 12.0 Å². The number of nitrogens with zero attached hydrogens (tertiary/aromatic N) is 1. The molecule has 9 heteroatoms. The summed E-state index contributed by atoms with van der Waals surface area (Å²) in [5.41, 5.74) is -0.802. The molecule has 3 atom stereocenters. The van der Waals surface area contributed by atoms with E-state index in [1.165, 1.54) is 6.08 Å². The first-order valence-corrected chi connectivity index (χ1v) is 7.88. The number of likely N-dealkylation sites (tertiary alicyclic amines) is 1.